The number of amides is 12. The van der Waals surface area contributed by atoms with Crippen molar-refractivity contribution in [1.29, 1.82) is 0 Å². The number of ether oxygens (including phenoxy) is 1. The van der Waals surface area contributed by atoms with Crippen LogP contribution in [0.25, 0.3) is 0 Å². The zero-order chi connectivity index (χ0) is 87.7. The van der Waals surface area contributed by atoms with Gasteiger partial charge in [0.2, 0.25) is 65.0 Å². The Morgan fingerprint density at radius 2 is 0.947 bits per heavy atom. The minimum Gasteiger partial charge on any atom is -0.480 e. The lowest BCUT2D eigenvalue weighted by atomic mass is 9.86. The van der Waals surface area contributed by atoms with Gasteiger partial charge in [0.05, 0.1) is 37.8 Å². The number of aliphatic hydroxyl groups is 3. The minimum absolute atomic E-state index is 0.00844. The molecule has 0 aliphatic rings. The molecule has 2 rings (SSSR count). The number of halogens is 6. The van der Waals surface area contributed by atoms with Gasteiger partial charge < -0.3 is 107 Å². The predicted molar refractivity (Wildman–Crippen MR) is 397 cm³/mol. The molecule has 36 nitrogen and oxygen atoms in total. The zero-order valence-electron chi connectivity index (χ0n) is 65.6. The van der Waals surface area contributed by atoms with Crippen molar-refractivity contribution in [2.45, 2.75) is 233 Å². The maximum absolute atomic E-state index is 15.0. The van der Waals surface area contributed by atoms with Gasteiger partial charge in [-0.25, -0.2) is 9.59 Å². The first-order valence-corrected chi connectivity index (χ1v) is 36.1. The monoisotopic (exact) mass is 1630 g/mol. The summed E-state index contributed by atoms with van der Waals surface area (Å²) in [6.07, 6.45) is -16.6. The van der Waals surface area contributed by atoms with Crippen molar-refractivity contribution in [3.63, 3.8) is 0 Å². The van der Waals surface area contributed by atoms with E-state index in [0.29, 0.717) is 11.1 Å². The van der Waals surface area contributed by atoms with Crippen molar-refractivity contribution in [2.24, 2.45) is 56.5 Å². The van der Waals surface area contributed by atoms with Gasteiger partial charge >= 0.3 is 36.0 Å². The molecule has 0 aromatic heterocycles. The standard InChI is InChI=1S/C68H110N16O18.C4F6O2/c1-14-37(6)50(61(96)82-51(38(7)86)60(95)74-32-48(88)75-43(29-47(69)87)57(92)79-46(33-85)64(99)100)81-55(90)41(26-21-27-73-65(71)72)76-56(91)42(28-35(2)3)77-63(98)53(54(89)36(4)5)84-62(97)52(49(70)40-24-19-16-20-25-40)83-59(94)44(30-67(8,9)10)78-58(93)45(31-68(11,12)13)80-66(101)102-34-39-22-17-15-18-23-39;5-3(6,7)1(11)2(12)4(8,9)10/h15-20,22-25,35-38,41-46,49-54,85-86,89H,14,21,26-34,70H2,1-13H3,(H2,69,87)(H,74,95)(H,75,88)(H,76,91)(H,77,98)(H,78,93)(H,79,92)(H,80,101)(H,81,90)(H,82,96)(H,83,94)(H,84,97)(H,99,100)(H4,71,72,73);/t37-,38-,41+,42-,43-,44-,45+,46-,49+,50?,51-,52-,53-,54+;/m0./s1. The number of alkyl halides is 6. The van der Waals surface area contributed by atoms with E-state index in [1.165, 1.54) is 0 Å². The molecule has 2 aromatic carbocycles. The molecule has 1 unspecified atom stereocenters. The first kappa shape index (κ1) is 101. The quantitative estimate of drug-likeness (QED) is 0.0125. The van der Waals surface area contributed by atoms with Crippen molar-refractivity contribution < 1.29 is 123 Å². The Morgan fingerprint density at radius 3 is 1.41 bits per heavy atom. The van der Waals surface area contributed by atoms with Crippen molar-refractivity contribution in [3.8, 4) is 0 Å². The lowest BCUT2D eigenvalue weighted by Gasteiger charge is -2.33. The first-order valence-electron chi connectivity index (χ1n) is 36.1. The Hall–Kier alpha value is -10.6. The average molecular weight is 1630 g/mol. The van der Waals surface area contributed by atoms with Gasteiger partial charge in [0.1, 0.15) is 67.0 Å². The van der Waals surface area contributed by atoms with E-state index in [1.807, 2.05) is 46.9 Å². The summed E-state index contributed by atoms with van der Waals surface area (Å²) in [4.78, 5) is 201. The summed E-state index contributed by atoms with van der Waals surface area (Å²) in [7, 11) is 0. The number of guanidine groups is 1. The number of aliphatic carboxylic acids is 1. The highest BCUT2D eigenvalue weighted by molar-refractivity contribution is 6.41. The molecular formula is C72H110F6N16O20. The van der Waals surface area contributed by atoms with Gasteiger partial charge in [-0.15, -0.1) is 0 Å². The van der Waals surface area contributed by atoms with Crippen LogP contribution in [0.4, 0.5) is 31.1 Å². The molecule has 0 saturated heterocycles. The molecule has 114 heavy (non-hydrogen) atoms. The molecule has 0 heterocycles. The van der Waals surface area contributed by atoms with Crippen molar-refractivity contribution in [3.05, 3.63) is 71.8 Å². The molecule has 12 amide bonds. The Kier molecular flexibility index (Phi) is 41.9. The molecule has 0 aliphatic heterocycles. The second kappa shape index (κ2) is 47.2. The second-order valence-electron chi connectivity index (χ2n) is 30.0. The van der Waals surface area contributed by atoms with Gasteiger partial charge in [-0.05, 0) is 78.7 Å². The Balaban J connectivity index is 0.00000495. The Labute approximate surface area is 654 Å². The number of alkyl carbamates (subject to hydrolysis) is 1. The summed E-state index contributed by atoms with van der Waals surface area (Å²) in [5.41, 5.74) is 23.1. The summed E-state index contributed by atoms with van der Waals surface area (Å²) in [5, 5.41) is 68.3. The SMILES string of the molecule is CC[C@H](C)C(NC(=O)[C@@H](CCCN=C(N)N)NC(=O)[C@H](CC(C)C)NC(=O)[C@@H](NC(=O)[C@@H](NC(=O)[C@H](CC(C)(C)C)NC(=O)[C@@H](CC(C)(C)C)NC(=O)OCc1ccccc1)[C@H](N)c1ccccc1)[C@H](O)C(C)C)C(=O)N[C@H](C(=O)NCC(=O)N[C@@H](CC(N)=O)C(=O)N[C@@H](CO)C(=O)O)[C@H](C)O.O=C(C(=O)C(F)(F)F)C(F)(F)F. The van der Waals surface area contributed by atoms with Gasteiger partial charge in [-0.3, -0.25) is 67.3 Å². The molecular weight excluding hydrogens is 1520 g/mol. The molecule has 0 saturated carbocycles. The normalized spacial score (nSPS) is 15.3. The number of aliphatic hydroxyl groups excluding tert-OH is 3. The van der Waals surface area contributed by atoms with Crippen LogP contribution in [0.15, 0.2) is 65.7 Å². The van der Waals surface area contributed by atoms with Crippen LogP contribution in [-0.4, -0.2) is 220 Å². The number of nitrogens with two attached hydrogens (primary N) is 4. The predicted octanol–water partition coefficient (Wildman–Crippen LogP) is -0.922. The molecule has 14 atom stereocenters. The minimum atomic E-state index is -5.77. The van der Waals surface area contributed by atoms with Crippen LogP contribution < -0.4 is 81.4 Å². The van der Waals surface area contributed by atoms with Crippen LogP contribution in [0.3, 0.4) is 0 Å². The number of aliphatic imine (C=N–C) groups is 1. The van der Waals surface area contributed by atoms with Crippen LogP contribution in [0, 0.1) is 28.6 Å². The van der Waals surface area contributed by atoms with Crippen molar-refractivity contribution in [1.82, 2.24) is 58.5 Å². The number of hydrogen-bond donors (Lipinski definition) is 19. The van der Waals surface area contributed by atoms with Gasteiger partial charge in [0.15, 0.2) is 5.96 Å². The van der Waals surface area contributed by atoms with Gasteiger partial charge in [0.25, 0.3) is 0 Å². The number of nitrogens with zero attached hydrogens (tertiary/aromatic N) is 1. The van der Waals surface area contributed by atoms with E-state index in [0.717, 1.165) is 6.92 Å². The fraction of sp³-hybridized carbons (Fsp3) is 0.611. The molecule has 0 fully saturated rings. The van der Waals surface area contributed by atoms with Gasteiger partial charge in [-0.2, -0.15) is 26.3 Å². The van der Waals surface area contributed by atoms with Crippen LogP contribution in [0.1, 0.15) is 152 Å². The van der Waals surface area contributed by atoms with E-state index in [4.69, 9.17) is 27.7 Å². The van der Waals surface area contributed by atoms with E-state index in [2.05, 4.69) is 58.2 Å². The topological polar surface area (TPSA) is 595 Å². The molecule has 23 N–H and O–H groups in total. The van der Waals surface area contributed by atoms with E-state index in [1.54, 1.807) is 102 Å². The van der Waals surface area contributed by atoms with Crippen molar-refractivity contribution >= 4 is 94.6 Å². The lowest BCUT2D eigenvalue weighted by Crippen LogP contribution is -2.64. The average Bonchev–Trinajstić information content (AvgIpc) is 0.812. The lowest BCUT2D eigenvalue weighted by molar-refractivity contribution is -0.193. The molecule has 0 bridgehead atoms. The summed E-state index contributed by atoms with van der Waals surface area (Å²) in [6, 6.07) is -0.467. The number of rotatable bonds is 43. The van der Waals surface area contributed by atoms with E-state index < -0.39 is 222 Å². The summed E-state index contributed by atoms with van der Waals surface area (Å²) in [5.74, 6) is -21.9. The number of carboxylic acids is 1. The maximum Gasteiger partial charge on any atom is 0.458 e. The highest BCUT2D eigenvalue weighted by Crippen LogP contribution is 2.27. The molecule has 0 radical (unpaired) electrons. The number of nitrogens with one attached hydrogen (secondary N) is 11. The largest absolute Gasteiger partial charge is 0.480 e. The highest BCUT2D eigenvalue weighted by atomic mass is 19.4. The number of carbonyl (C=O) groups excluding carboxylic acids is 14. The number of ketones is 2. The fourth-order valence-corrected chi connectivity index (χ4v) is 10.5. The Bertz CT molecular complexity index is 3590. The molecule has 0 aliphatic carbocycles. The van der Waals surface area contributed by atoms with Crippen LogP contribution in [0.5, 0.6) is 0 Å². The van der Waals surface area contributed by atoms with Crippen molar-refractivity contribution in [2.75, 3.05) is 19.7 Å². The third kappa shape index (κ3) is 37.8. The summed E-state index contributed by atoms with van der Waals surface area (Å²) >= 11 is 0. The Morgan fingerprint density at radius 1 is 0.518 bits per heavy atom. The number of hydrogen-bond acceptors (Lipinski definition) is 21. The maximum atomic E-state index is 15.0. The number of primary amides is 1. The molecule has 42 heteroatoms. The molecule has 640 valence electrons. The first-order chi connectivity index (χ1) is 52.5. The third-order valence-electron chi connectivity index (χ3n) is 16.6. The number of carboxylic acid groups (broad SMARTS) is 1. The second-order valence-corrected chi connectivity index (χ2v) is 30.0. The number of Topliss-reactive ketones (excluding diaryl/α,β-unsaturated/α-hetero) is 2. The fourth-order valence-electron chi connectivity index (χ4n) is 10.5. The highest BCUT2D eigenvalue weighted by Gasteiger charge is 2.54. The van der Waals surface area contributed by atoms with Crippen LogP contribution in [0.2, 0.25) is 0 Å². The third-order valence-corrected chi connectivity index (χ3v) is 16.6. The van der Waals surface area contributed by atoms with E-state index >= 15 is 0 Å². The molecule has 0 spiro atoms. The smallest absolute Gasteiger partial charge is 0.458 e. The summed E-state index contributed by atoms with van der Waals surface area (Å²) < 4.78 is 72.4. The van der Waals surface area contributed by atoms with Crippen LogP contribution >= 0.6 is 0 Å². The number of carbonyl (C=O) groups is 15. The van der Waals surface area contributed by atoms with Crippen LogP contribution in [-0.2, 0) is 78.5 Å². The zero-order valence-corrected chi connectivity index (χ0v) is 65.6. The van der Waals surface area contributed by atoms with Gasteiger partial charge in [-0.1, -0.05) is 150 Å². The van der Waals surface area contributed by atoms with Gasteiger partial charge in [0, 0.05) is 6.54 Å². The number of benzene rings is 2. The molecule has 2 aromatic rings. The van der Waals surface area contributed by atoms with E-state index in [9.17, 15) is 119 Å². The summed E-state index contributed by atoms with van der Waals surface area (Å²) in [6.45, 7) is 19.8. The van der Waals surface area contributed by atoms with E-state index in [-0.39, 0.29) is 63.6 Å².